The summed E-state index contributed by atoms with van der Waals surface area (Å²) >= 11 is 5.92. The lowest BCUT2D eigenvalue weighted by Gasteiger charge is -2.20. The molecule has 0 aliphatic rings. The molecule has 0 unspecified atom stereocenters. The molecule has 0 fully saturated rings. The number of carbonyl (C=O) groups is 1. The summed E-state index contributed by atoms with van der Waals surface area (Å²) in [5.74, 6) is 0. The molecule has 122 valence electrons. The SMILES string of the molecule is Cc1cnc(Cl)cc1Nc1cccc(NC(=O)OC(C)(C)C)c1. The number of amides is 1. The van der Waals surface area contributed by atoms with Crippen molar-refractivity contribution >= 4 is 34.8 Å². The van der Waals surface area contributed by atoms with Crippen molar-refractivity contribution in [2.24, 2.45) is 0 Å². The first-order chi connectivity index (χ1) is 10.7. The molecule has 2 aromatic rings. The Balaban J connectivity index is 2.11. The fourth-order valence-electron chi connectivity index (χ4n) is 1.88. The Bertz CT molecular complexity index is 711. The van der Waals surface area contributed by atoms with Crippen LogP contribution in [-0.4, -0.2) is 16.7 Å². The highest BCUT2D eigenvalue weighted by atomic mass is 35.5. The molecular weight excluding hydrogens is 314 g/mol. The van der Waals surface area contributed by atoms with Gasteiger partial charge in [0.2, 0.25) is 0 Å². The number of carbonyl (C=O) groups excluding carboxylic acids is 1. The van der Waals surface area contributed by atoms with E-state index in [0.717, 1.165) is 16.9 Å². The lowest BCUT2D eigenvalue weighted by Crippen LogP contribution is -2.27. The number of pyridine rings is 1. The molecule has 0 saturated carbocycles. The zero-order chi connectivity index (χ0) is 17.0. The van der Waals surface area contributed by atoms with Gasteiger partial charge in [-0.1, -0.05) is 17.7 Å². The predicted molar refractivity (Wildman–Crippen MR) is 93.6 cm³/mol. The van der Waals surface area contributed by atoms with Crippen LogP contribution in [0.5, 0.6) is 0 Å². The lowest BCUT2D eigenvalue weighted by molar-refractivity contribution is 0.0636. The second kappa shape index (κ2) is 6.87. The molecule has 0 aliphatic heterocycles. The maximum Gasteiger partial charge on any atom is 0.412 e. The second-order valence-corrected chi connectivity index (χ2v) is 6.54. The molecule has 6 heteroatoms. The monoisotopic (exact) mass is 333 g/mol. The molecule has 0 radical (unpaired) electrons. The number of hydrogen-bond donors (Lipinski definition) is 2. The summed E-state index contributed by atoms with van der Waals surface area (Å²) in [5.41, 5.74) is 2.76. The number of benzene rings is 1. The number of halogens is 1. The van der Waals surface area contributed by atoms with E-state index >= 15 is 0 Å². The predicted octanol–water partition coefficient (Wildman–Crippen LogP) is 5.13. The third-order valence-electron chi connectivity index (χ3n) is 2.86. The van der Waals surface area contributed by atoms with Gasteiger partial charge in [0, 0.05) is 23.3 Å². The minimum atomic E-state index is -0.537. The summed E-state index contributed by atoms with van der Waals surface area (Å²) in [6.07, 6.45) is 1.21. The van der Waals surface area contributed by atoms with Gasteiger partial charge in [-0.3, -0.25) is 5.32 Å². The van der Waals surface area contributed by atoms with Crippen LogP contribution in [0, 0.1) is 6.92 Å². The Morgan fingerprint density at radius 1 is 1.22 bits per heavy atom. The highest BCUT2D eigenvalue weighted by Gasteiger charge is 2.16. The van der Waals surface area contributed by atoms with Crippen LogP contribution >= 0.6 is 11.6 Å². The summed E-state index contributed by atoms with van der Waals surface area (Å²) in [5, 5.41) is 6.39. The van der Waals surface area contributed by atoms with Crippen molar-refractivity contribution in [2.45, 2.75) is 33.3 Å². The molecule has 1 amide bonds. The van der Waals surface area contributed by atoms with Crippen LogP contribution in [-0.2, 0) is 4.74 Å². The van der Waals surface area contributed by atoms with E-state index in [1.54, 1.807) is 18.3 Å². The summed E-state index contributed by atoms with van der Waals surface area (Å²) < 4.78 is 5.24. The Morgan fingerprint density at radius 2 is 1.91 bits per heavy atom. The number of aromatic nitrogens is 1. The molecule has 2 N–H and O–H groups in total. The van der Waals surface area contributed by atoms with Gasteiger partial charge in [-0.25, -0.2) is 9.78 Å². The van der Waals surface area contributed by atoms with Crippen LogP contribution in [0.2, 0.25) is 5.15 Å². The zero-order valence-electron chi connectivity index (χ0n) is 13.6. The van der Waals surface area contributed by atoms with E-state index in [-0.39, 0.29) is 0 Å². The van der Waals surface area contributed by atoms with Crippen molar-refractivity contribution in [1.29, 1.82) is 0 Å². The van der Waals surface area contributed by atoms with E-state index in [0.29, 0.717) is 10.8 Å². The standard InChI is InChI=1S/C17H20ClN3O2/c1-11-10-19-15(18)9-14(11)20-12-6-5-7-13(8-12)21-16(22)23-17(2,3)4/h5-10H,1-4H3,(H,19,20)(H,21,22). The first kappa shape index (κ1) is 17.1. The van der Waals surface area contributed by atoms with Gasteiger partial charge in [-0.15, -0.1) is 0 Å². The Hall–Kier alpha value is -2.27. The summed E-state index contributed by atoms with van der Waals surface area (Å²) in [6.45, 7) is 7.40. The lowest BCUT2D eigenvalue weighted by atomic mass is 10.2. The molecule has 0 spiro atoms. The molecular formula is C17H20ClN3O2. The number of nitrogens with one attached hydrogen (secondary N) is 2. The first-order valence-electron chi connectivity index (χ1n) is 7.22. The molecule has 1 heterocycles. The van der Waals surface area contributed by atoms with Gasteiger partial charge in [0.05, 0.1) is 0 Å². The topological polar surface area (TPSA) is 63.2 Å². The van der Waals surface area contributed by atoms with Gasteiger partial charge in [-0.05, 0) is 57.5 Å². The quantitative estimate of drug-likeness (QED) is 0.764. The third kappa shape index (κ3) is 5.45. The third-order valence-corrected chi connectivity index (χ3v) is 3.06. The van der Waals surface area contributed by atoms with E-state index in [9.17, 15) is 4.79 Å². The van der Waals surface area contributed by atoms with Crippen molar-refractivity contribution in [3.05, 3.63) is 47.2 Å². The van der Waals surface area contributed by atoms with Crippen LogP contribution < -0.4 is 10.6 Å². The average molecular weight is 334 g/mol. The number of ether oxygens (including phenoxy) is 1. The van der Waals surface area contributed by atoms with E-state index in [4.69, 9.17) is 16.3 Å². The normalized spacial score (nSPS) is 11.0. The number of nitrogens with zero attached hydrogens (tertiary/aromatic N) is 1. The van der Waals surface area contributed by atoms with Crippen molar-refractivity contribution in [3.8, 4) is 0 Å². The minimum absolute atomic E-state index is 0.418. The Labute approximate surface area is 141 Å². The first-order valence-corrected chi connectivity index (χ1v) is 7.60. The fourth-order valence-corrected chi connectivity index (χ4v) is 2.04. The van der Waals surface area contributed by atoms with E-state index in [1.165, 1.54) is 0 Å². The van der Waals surface area contributed by atoms with Gasteiger partial charge in [-0.2, -0.15) is 0 Å². The highest BCUT2D eigenvalue weighted by Crippen LogP contribution is 2.24. The maximum atomic E-state index is 11.8. The Morgan fingerprint density at radius 3 is 2.61 bits per heavy atom. The maximum absolute atomic E-state index is 11.8. The molecule has 1 aromatic carbocycles. The van der Waals surface area contributed by atoms with Gasteiger partial charge < -0.3 is 10.1 Å². The van der Waals surface area contributed by atoms with Crippen LogP contribution in [0.15, 0.2) is 36.5 Å². The van der Waals surface area contributed by atoms with Gasteiger partial charge in [0.15, 0.2) is 0 Å². The van der Waals surface area contributed by atoms with Crippen LogP contribution in [0.1, 0.15) is 26.3 Å². The molecule has 0 aliphatic carbocycles. The fraction of sp³-hybridized carbons (Fsp3) is 0.294. The number of rotatable bonds is 3. The number of anilines is 3. The highest BCUT2D eigenvalue weighted by molar-refractivity contribution is 6.29. The van der Waals surface area contributed by atoms with E-state index in [2.05, 4.69) is 15.6 Å². The minimum Gasteiger partial charge on any atom is -0.444 e. The summed E-state index contributed by atoms with van der Waals surface area (Å²) in [4.78, 5) is 15.8. The van der Waals surface area contributed by atoms with E-state index < -0.39 is 11.7 Å². The molecule has 0 atom stereocenters. The molecule has 23 heavy (non-hydrogen) atoms. The van der Waals surface area contributed by atoms with Gasteiger partial charge in [0.1, 0.15) is 10.8 Å². The van der Waals surface area contributed by atoms with Crippen molar-refractivity contribution in [3.63, 3.8) is 0 Å². The van der Waals surface area contributed by atoms with Gasteiger partial charge >= 0.3 is 6.09 Å². The molecule has 5 nitrogen and oxygen atoms in total. The zero-order valence-corrected chi connectivity index (χ0v) is 14.4. The molecule has 1 aromatic heterocycles. The largest absolute Gasteiger partial charge is 0.444 e. The Kier molecular flexibility index (Phi) is 5.11. The van der Waals surface area contributed by atoms with E-state index in [1.807, 2.05) is 45.9 Å². The number of hydrogen-bond acceptors (Lipinski definition) is 4. The number of aryl methyl sites for hydroxylation is 1. The second-order valence-electron chi connectivity index (χ2n) is 6.15. The average Bonchev–Trinajstić information content (AvgIpc) is 2.41. The van der Waals surface area contributed by atoms with Crippen LogP contribution in [0.3, 0.4) is 0 Å². The van der Waals surface area contributed by atoms with Gasteiger partial charge in [0.25, 0.3) is 0 Å². The molecule has 0 saturated heterocycles. The molecule has 0 bridgehead atoms. The van der Waals surface area contributed by atoms with Crippen LogP contribution in [0.4, 0.5) is 21.9 Å². The van der Waals surface area contributed by atoms with Crippen molar-refractivity contribution in [2.75, 3.05) is 10.6 Å². The van der Waals surface area contributed by atoms with Crippen molar-refractivity contribution in [1.82, 2.24) is 4.98 Å². The van der Waals surface area contributed by atoms with Crippen LogP contribution in [0.25, 0.3) is 0 Å². The molecule has 2 rings (SSSR count). The summed E-state index contributed by atoms with van der Waals surface area (Å²) in [6, 6.07) is 9.10. The smallest absolute Gasteiger partial charge is 0.412 e. The summed E-state index contributed by atoms with van der Waals surface area (Å²) in [7, 11) is 0. The van der Waals surface area contributed by atoms with Crippen molar-refractivity contribution < 1.29 is 9.53 Å².